The molecule has 3 N–H and O–H groups in total. The van der Waals surface area contributed by atoms with Crippen molar-refractivity contribution in [3.63, 3.8) is 0 Å². The van der Waals surface area contributed by atoms with Crippen LogP contribution >= 0.6 is 0 Å². The van der Waals surface area contributed by atoms with Crippen LogP contribution in [0.4, 0.5) is 4.39 Å². The first-order chi connectivity index (χ1) is 12.0. The number of fused-ring (bicyclic) bond motifs is 1. The summed E-state index contributed by atoms with van der Waals surface area (Å²) in [7, 11) is 0. The number of allylic oxidation sites excluding steroid dienone is 1. The van der Waals surface area contributed by atoms with Gasteiger partial charge in [-0.25, -0.2) is 9.18 Å². The molecule has 1 unspecified atom stereocenters. The number of nitrogens with zero attached hydrogens (tertiary/aromatic N) is 1. The Morgan fingerprint density at radius 1 is 1.28 bits per heavy atom. The number of carbonyl (C=O) groups is 1. The molecule has 2 aliphatic carbocycles. The fourth-order valence-corrected chi connectivity index (χ4v) is 3.60. The maximum atomic E-state index is 14.7. The number of aromatic carboxylic acids is 1. The highest BCUT2D eigenvalue weighted by Gasteiger charge is 2.27. The molecule has 1 aromatic carbocycles. The minimum absolute atomic E-state index is 0.0844. The van der Waals surface area contributed by atoms with Gasteiger partial charge < -0.3 is 15.4 Å². The Morgan fingerprint density at radius 2 is 2.04 bits per heavy atom. The van der Waals surface area contributed by atoms with Crippen LogP contribution in [0.2, 0.25) is 0 Å². The van der Waals surface area contributed by atoms with E-state index in [9.17, 15) is 19.1 Å². The molecule has 5 nitrogen and oxygen atoms in total. The summed E-state index contributed by atoms with van der Waals surface area (Å²) >= 11 is 0. The zero-order valence-corrected chi connectivity index (χ0v) is 13.7. The first-order valence-electron chi connectivity index (χ1n) is 8.54. The molecule has 1 aromatic heterocycles. The van der Waals surface area contributed by atoms with Gasteiger partial charge in [0.2, 0.25) is 5.43 Å². The molecule has 130 valence electrons. The van der Waals surface area contributed by atoms with Crippen molar-refractivity contribution in [2.24, 2.45) is 5.73 Å². The normalized spacial score (nSPS) is 20.6. The smallest absolute Gasteiger partial charge is 0.341 e. The third-order valence-electron chi connectivity index (χ3n) is 5.04. The monoisotopic (exact) mass is 342 g/mol. The van der Waals surface area contributed by atoms with Crippen molar-refractivity contribution >= 4 is 22.4 Å². The summed E-state index contributed by atoms with van der Waals surface area (Å²) in [5.74, 6) is -1.79. The number of halogens is 1. The van der Waals surface area contributed by atoms with Crippen molar-refractivity contribution in [1.82, 2.24) is 4.57 Å². The van der Waals surface area contributed by atoms with Gasteiger partial charge in [-0.3, -0.25) is 4.79 Å². The molecule has 0 bridgehead atoms. The molecule has 4 rings (SSSR count). The Hall–Kier alpha value is -2.47. The van der Waals surface area contributed by atoms with Gasteiger partial charge in [0.25, 0.3) is 0 Å². The lowest BCUT2D eigenvalue weighted by Gasteiger charge is -2.20. The fraction of sp³-hybridized carbons (Fsp3) is 0.368. The van der Waals surface area contributed by atoms with E-state index in [0.717, 1.165) is 37.7 Å². The van der Waals surface area contributed by atoms with E-state index in [0.29, 0.717) is 11.1 Å². The van der Waals surface area contributed by atoms with E-state index in [1.807, 2.05) is 10.6 Å². The van der Waals surface area contributed by atoms with Gasteiger partial charge in [-0.15, -0.1) is 0 Å². The first-order valence-corrected chi connectivity index (χ1v) is 8.54. The van der Waals surface area contributed by atoms with E-state index in [1.54, 1.807) is 6.07 Å². The van der Waals surface area contributed by atoms with E-state index in [2.05, 4.69) is 0 Å². The average molecular weight is 342 g/mol. The number of aromatic nitrogens is 1. The molecule has 6 heteroatoms. The molecule has 1 heterocycles. The number of hydrogen-bond acceptors (Lipinski definition) is 3. The summed E-state index contributed by atoms with van der Waals surface area (Å²) in [6.07, 6.45) is 7.67. The zero-order chi connectivity index (χ0) is 17.7. The van der Waals surface area contributed by atoms with Gasteiger partial charge in [0.1, 0.15) is 11.4 Å². The summed E-state index contributed by atoms with van der Waals surface area (Å²) in [5.41, 5.74) is 6.92. The Kier molecular flexibility index (Phi) is 3.72. The zero-order valence-electron chi connectivity index (χ0n) is 13.7. The fourth-order valence-electron chi connectivity index (χ4n) is 3.60. The minimum atomic E-state index is -1.29. The van der Waals surface area contributed by atoms with E-state index in [4.69, 9.17) is 5.73 Å². The predicted octanol–water partition coefficient (Wildman–Crippen LogP) is 3.07. The Morgan fingerprint density at radius 3 is 2.68 bits per heavy atom. The standard InChI is InChI=1S/C19H19FN2O3/c20-16-7-14-17(8-13(16)10-2-1-3-11(21)6-10)22(12-4-5-12)9-15(18(14)23)19(24)25/h6-9,11-12H,1-5,21H2,(H,24,25). The van der Waals surface area contributed by atoms with Crippen molar-refractivity contribution in [3.8, 4) is 0 Å². The van der Waals surface area contributed by atoms with Gasteiger partial charge in [-0.1, -0.05) is 6.08 Å². The highest BCUT2D eigenvalue weighted by molar-refractivity contribution is 5.93. The minimum Gasteiger partial charge on any atom is -0.477 e. The number of benzene rings is 1. The lowest BCUT2D eigenvalue weighted by Crippen LogP contribution is -2.21. The summed E-state index contributed by atoms with van der Waals surface area (Å²) in [4.78, 5) is 23.8. The lowest BCUT2D eigenvalue weighted by molar-refractivity contribution is 0.0695. The van der Waals surface area contributed by atoms with E-state index in [-0.39, 0.29) is 23.0 Å². The Bertz CT molecular complexity index is 973. The molecule has 1 saturated carbocycles. The van der Waals surface area contributed by atoms with E-state index in [1.165, 1.54) is 12.3 Å². The summed E-state index contributed by atoms with van der Waals surface area (Å²) < 4.78 is 16.5. The van der Waals surface area contributed by atoms with Gasteiger partial charge in [0.15, 0.2) is 0 Å². The van der Waals surface area contributed by atoms with E-state index >= 15 is 0 Å². The summed E-state index contributed by atoms with van der Waals surface area (Å²) in [5, 5.41) is 9.40. The molecule has 0 spiro atoms. The summed E-state index contributed by atoms with van der Waals surface area (Å²) in [6, 6.07) is 2.94. The van der Waals surface area contributed by atoms with Gasteiger partial charge in [0.05, 0.1) is 5.52 Å². The lowest BCUT2D eigenvalue weighted by atomic mass is 9.90. The first kappa shape index (κ1) is 16.0. The molecular weight excluding hydrogens is 323 g/mol. The molecule has 0 aliphatic heterocycles. The number of nitrogens with two attached hydrogens (primary N) is 1. The van der Waals surface area contributed by atoms with Crippen LogP contribution in [0.3, 0.4) is 0 Å². The second-order valence-corrected chi connectivity index (χ2v) is 6.91. The van der Waals surface area contributed by atoms with Crippen LogP contribution in [-0.2, 0) is 0 Å². The van der Waals surface area contributed by atoms with Crippen LogP contribution < -0.4 is 11.2 Å². The van der Waals surface area contributed by atoms with Crippen molar-refractivity contribution < 1.29 is 14.3 Å². The molecule has 1 fully saturated rings. The highest BCUT2D eigenvalue weighted by atomic mass is 19.1. The topological polar surface area (TPSA) is 85.3 Å². The number of pyridine rings is 1. The summed E-state index contributed by atoms with van der Waals surface area (Å²) in [6.45, 7) is 0. The third-order valence-corrected chi connectivity index (χ3v) is 5.04. The average Bonchev–Trinajstić information content (AvgIpc) is 3.39. The molecule has 2 aromatic rings. The van der Waals surface area contributed by atoms with E-state index < -0.39 is 17.2 Å². The van der Waals surface area contributed by atoms with Crippen LogP contribution in [0.15, 0.2) is 29.2 Å². The largest absolute Gasteiger partial charge is 0.477 e. The number of rotatable bonds is 3. The Balaban J connectivity index is 1.99. The van der Waals surface area contributed by atoms with Gasteiger partial charge >= 0.3 is 5.97 Å². The molecule has 0 radical (unpaired) electrons. The van der Waals surface area contributed by atoms with Gasteiger partial charge in [-0.2, -0.15) is 0 Å². The maximum Gasteiger partial charge on any atom is 0.341 e. The van der Waals surface area contributed by atoms with Crippen LogP contribution in [0.5, 0.6) is 0 Å². The van der Waals surface area contributed by atoms with Gasteiger partial charge in [-0.05, 0) is 49.8 Å². The molecule has 1 atom stereocenters. The van der Waals surface area contributed by atoms with Crippen LogP contribution in [-0.4, -0.2) is 21.7 Å². The molecule has 25 heavy (non-hydrogen) atoms. The van der Waals surface area contributed by atoms with Crippen LogP contribution in [0.1, 0.15) is 54.1 Å². The third kappa shape index (κ3) is 2.76. The van der Waals surface area contributed by atoms with Crippen molar-refractivity contribution in [2.45, 2.75) is 44.2 Å². The molecule has 0 amide bonds. The second-order valence-electron chi connectivity index (χ2n) is 6.91. The Labute approximate surface area is 143 Å². The SMILES string of the molecule is NC1C=C(c2cc3c(cc2F)c(=O)c(C(=O)O)cn3C2CC2)CCC1. The molecular formula is C19H19FN2O3. The van der Waals surface area contributed by atoms with Crippen molar-refractivity contribution in [3.05, 3.63) is 51.6 Å². The molecule has 2 aliphatic rings. The van der Waals surface area contributed by atoms with Crippen LogP contribution in [0, 0.1) is 5.82 Å². The second kappa shape index (κ2) is 5.81. The quantitative estimate of drug-likeness (QED) is 0.898. The van der Waals surface area contributed by atoms with Crippen LogP contribution in [0.25, 0.3) is 16.5 Å². The van der Waals surface area contributed by atoms with Gasteiger partial charge in [0, 0.05) is 29.2 Å². The highest BCUT2D eigenvalue weighted by Crippen LogP contribution is 2.38. The number of carboxylic acid groups (broad SMARTS) is 1. The maximum absolute atomic E-state index is 14.7. The predicted molar refractivity (Wildman–Crippen MR) is 93.2 cm³/mol. The van der Waals surface area contributed by atoms with Crippen molar-refractivity contribution in [1.29, 1.82) is 0 Å². The number of carboxylic acids is 1. The molecule has 0 saturated heterocycles. The number of hydrogen-bond donors (Lipinski definition) is 2. The van der Waals surface area contributed by atoms with Crippen molar-refractivity contribution in [2.75, 3.05) is 0 Å².